The number of carbonyl (C=O) groups excluding carboxylic acids is 2. The van der Waals surface area contributed by atoms with E-state index >= 15 is 0 Å². The van der Waals surface area contributed by atoms with E-state index in [4.69, 9.17) is 0 Å². The lowest BCUT2D eigenvalue weighted by Gasteiger charge is -2.12. The van der Waals surface area contributed by atoms with Gasteiger partial charge in [0.15, 0.2) is 5.16 Å². The number of amides is 2. The Morgan fingerprint density at radius 2 is 1.75 bits per heavy atom. The van der Waals surface area contributed by atoms with E-state index in [0.717, 1.165) is 0 Å². The SMILES string of the molecule is CC(C)n1cnnc1SCC(=O)Nc1ccccc1C(=O)Nc1ccccc1. The number of hydrogen-bond donors (Lipinski definition) is 2. The maximum Gasteiger partial charge on any atom is 0.257 e. The van der Waals surface area contributed by atoms with Crippen LogP contribution in [0, 0.1) is 0 Å². The molecule has 0 aliphatic rings. The van der Waals surface area contributed by atoms with Crippen LogP contribution in [0.3, 0.4) is 0 Å². The Labute approximate surface area is 167 Å². The topological polar surface area (TPSA) is 88.9 Å². The fourth-order valence-electron chi connectivity index (χ4n) is 2.52. The second kappa shape index (κ2) is 9.18. The van der Waals surface area contributed by atoms with Crippen LogP contribution in [0.2, 0.25) is 0 Å². The van der Waals surface area contributed by atoms with Crippen molar-refractivity contribution in [2.75, 3.05) is 16.4 Å². The molecule has 0 spiro atoms. The summed E-state index contributed by atoms with van der Waals surface area (Å²) >= 11 is 1.30. The highest BCUT2D eigenvalue weighted by Gasteiger charge is 2.15. The monoisotopic (exact) mass is 395 g/mol. The molecule has 0 bridgehead atoms. The average Bonchev–Trinajstić information content (AvgIpc) is 3.16. The molecule has 0 fully saturated rings. The third-order valence-corrected chi connectivity index (χ3v) is 4.86. The second-order valence-corrected chi connectivity index (χ2v) is 7.26. The quantitative estimate of drug-likeness (QED) is 0.593. The summed E-state index contributed by atoms with van der Waals surface area (Å²) in [5.74, 6) is -0.336. The fraction of sp³-hybridized carbons (Fsp3) is 0.200. The van der Waals surface area contributed by atoms with Crippen LogP contribution in [0.25, 0.3) is 0 Å². The van der Waals surface area contributed by atoms with Gasteiger partial charge >= 0.3 is 0 Å². The molecule has 0 unspecified atom stereocenters. The molecule has 1 heterocycles. The molecule has 0 saturated heterocycles. The van der Waals surface area contributed by atoms with Gasteiger partial charge in [-0.25, -0.2) is 0 Å². The van der Waals surface area contributed by atoms with Crippen molar-refractivity contribution >= 4 is 35.0 Å². The average molecular weight is 395 g/mol. The minimum atomic E-state index is -0.283. The zero-order chi connectivity index (χ0) is 19.9. The van der Waals surface area contributed by atoms with Crippen LogP contribution >= 0.6 is 11.8 Å². The number of aromatic nitrogens is 3. The summed E-state index contributed by atoms with van der Waals surface area (Å²) in [6, 6.07) is 16.3. The van der Waals surface area contributed by atoms with E-state index in [1.165, 1.54) is 11.8 Å². The second-order valence-electron chi connectivity index (χ2n) is 6.32. The van der Waals surface area contributed by atoms with Gasteiger partial charge in [-0.1, -0.05) is 42.1 Å². The van der Waals surface area contributed by atoms with Crippen molar-refractivity contribution < 1.29 is 9.59 Å². The molecule has 0 aliphatic heterocycles. The van der Waals surface area contributed by atoms with Crippen molar-refractivity contribution in [1.29, 1.82) is 0 Å². The van der Waals surface area contributed by atoms with Crippen LogP contribution in [-0.2, 0) is 4.79 Å². The molecule has 2 aromatic carbocycles. The smallest absolute Gasteiger partial charge is 0.257 e. The molecule has 7 nitrogen and oxygen atoms in total. The summed E-state index contributed by atoms with van der Waals surface area (Å²) < 4.78 is 1.90. The molecule has 0 saturated carbocycles. The first-order valence-corrected chi connectivity index (χ1v) is 9.80. The van der Waals surface area contributed by atoms with E-state index in [1.807, 2.05) is 36.6 Å². The highest BCUT2D eigenvalue weighted by molar-refractivity contribution is 7.99. The van der Waals surface area contributed by atoms with Gasteiger partial charge < -0.3 is 15.2 Å². The molecule has 0 radical (unpaired) electrons. The van der Waals surface area contributed by atoms with Crippen molar-refractivity contribution in [3.63, 3.8) is 0 Å². The predicted molar refractivity (Wildman–Crippen MR) is 111 cm³/mol. The first-order valence-electron chi connectivity index (χ1n) is 8.82. The Hall–Kier alpha value is -3.13. The maximum absolute atomic E-state index is 12.6. The number of benzene rings is 2. The zero-order valence-electron chi connectivity index (χ0n) is 15.6. The first kappa shape index (κ1) is 19.6. The van der Waals surface area contributed by atoms with Gasteiger partial charge in [-0.2, -0.15) is 0 Å². The number of nitrogens with zero attached hydrogens (tertiary/aromatic N) is 3. The van der Waals surface area contributed by atoms with Crippen LogP contribution in [0.15, 0.2) is 66.1 Å². The normalized spacial score (nSPS) is 10.7. The minimum absolute atomic E-state index is 0.167. The molecular weight excluding hydrogens is 374 g/mol. The lowest BCUT2D eigenvalue weighted by Crippen LogP contribution is -2.19. The van der Waals surface area contributed by atoms with Crippen LogP contribution in [0.1, 0.15) is 30.2 Å². The summed E-state index contributed by atoms with van der Waals surface area (Å²) in [5, 5.41) is 14.3. The summed E-state index contributed by atoms with van der Waals surface area (Å²) in [7, 11) is 0. The standard InChI is InChI=1S/C20H21N5O2S/c1-14(2)25-13-21-24-20(25)28-12-18(26)23-17-11-7-6-10-16(17)19(27)22-15-8-4-3-5-9-15/h3-11,13-14H,12H2,1-2H3,(H,22,27)(H,23,26). The maximum atomic E-state index is 12.6. The Morgan fingerprint density at radius 3 is 2.50 bits per heavy atom. The van der Waals surface area contributed by atoms with Crippen molar-refractivity contribution in [2.45, 2.75) is 25.0 Å². The van der Waals surface area contributed by atoms with Crippen LogP contribution < -0.4 is 10.6 Å². The lowest BCUT2D eigenvalue weighted by atomic mass is 10.1. The van der Waals surface area contributed by atoms with Gasteiger partial charge in [0.25, 0.3) is 5.91 Å². The van der Waals surface area contributed by atoms with Gasteiger partial charge in [0.2, 0.25) is 5.91 Å². The number of nitrogens with one attached hydrogen (secondary N) is 2. The Kier molecular flexibility index (Phi) is 6.44. The molecule has 3 rings (SSSR count). The van der Waals surface area contributed by atoms with Crippen LogP contribution in [0.5, 0.6) is 0 Å². The van der Waals surface area contributed by atoms with E-state index in [9.17, 15) is 9.59 Å². The van der Waals surface area contributed by atoms with Gasteiger partial charge in [-0.3, -0.25) is 9.59 Å². The third-order valence-electron chi connectivity index (χ3n) is 3.91. The molecule has 2 amide bonds. The molecule has 0 atom stereocenters. The fourth-order valence-corrected chi connectivity index (χ4v) is 3.36. The number of rotatable bonds is 7. The number of para-hydroxylation sites is 2. The first-order chi connectivity index (χ1) is 13.5. The van der Waals surface area contributed by atoms with Crippen LogP contribution in [0.4, 0.5) is 11.4 Å². The Balaban J connectivity index is 1.65. The molecule has 2 N–H and O–H groups in total. The lowest BCUT2D eigenvalue weighted by molar-refractivity contribution is -0.113. The molecule has 8 heteroatoms. The van der Waals surface area contributed by atoms with E-state index in [0.29, 0.717) is 22.1 Å². The third kappa shape index (κ3) is 4.98. The van der Waals surface area contributed by atoms with E-state index in [2.05, 4.69) is 20.8 Å². The largest absolute Gasteiger partial charge is 0.325 e. The number of hydrogen-bond acceptors (Lipinski definition) is 5. The molecule has 1 aromatic heterocycles. The predicted octanol–water partition coefficient (Wildman–Crippen LogP) is 3.84. The number of carbonyl (C=O) groups is 2. The van der Waals surface area contributed by atoms with Gasteiger partial charge in [-0.15, -0.1) is 10.2 Å². The summed E-state index contributed by atoms with van der Waals surface area (Å²) in [4.78, 5) is 25.0. The minimum Gasteiger partial charge on any atom is -0.325 e. The molecule has 0 aliphatic carbocycles. The van der Waals surface area contributed by atoms with Crippen molar-refractivity contribution in [1.82, 2.24) is 14.8 Å². The highest BCUT2D eigenvalue weighted by atomic mass is 32.2. The zero-order valence-corrected chi connectivity index (χ0v) is 16.4. The van der Waals surface area contributed by atoms with Gasteiger partial charge in [0.1, 0.15) is 6.33 Å². The van der Waals surface area contributed by atoms with Crippen molar-refractivity contribution in [3.05, 3.63) is 66.5 Å². The van der Waals surface area contributed by atoms with Gasteiger partial charge in [-0.05, 0) is 38.1 Å². The van der Waals surface area contributed by atoms with Crippen LogP contribution in [-0.4, -0.2) is 32.3 Å². The Morgan fingerprint density at radius 1 is 1.04 bits per heavy atom. The summed E-state index contributed by atoms with van der Waals surface area (Å²) in [6.07, 6.45) is 1.65. The summed E-state index contributed by atoms with van der Waals surface area (Å²) in [5.41, 5.74) is 1.55. The number of anilines is 2. The van der Waals surface area contributed by atoms with Gasteiger partial charge in [0.05, 0.1) is 17.0 Å². The van der Waals surface area contributed by atoms with Crippen molar-refractivity contribution in [3.8, 4) is 0 Å². The molecule has 28 heavy (non-hydrogen) atoms. The highest BCUT2D eigenvalue weighted by Crippen LogP contribution is 2.21. The van der Waals surface area contributed by atoms with E-state index in [1.54, 1.807) is 42.7 Å². The molecule has 3 aromatic rings. The van der Waals surface area contributed by atoms with E-state index < -0.39 is 0 Å². The van der Waals surface area contributed by atoms with Crippen molar-refractivity contribution in [2.24, 2.45) is 0 Å². The summed E-state index contributed by atoms with van der Waals surface area (Å²) in [6.45, 7) is 4.05. The number of thioether (sulfide) groups is 1. The molecular formula is C20H21N5O2S. The Bertz CT molecular complexity index is 956. The molecule has 144 valence electrons. The van der Waals surface area contributed by atoms with Gasteiger partial charge in [0, 0.05) is 11.7 Å². The van der Waals surface area contributed by atoms with E-state index in [-0.39, 0.29) is 23.6 Å².